The molecule has 0 aromatic heterocycles. The van der Waals surface area contributed by atoms with Crippen LogP contribution in [0.5, 0.6) is 0 Å². The Morgan fingerprint density at radius 3 is 2.67 bits per heavy atom. The molecule has 1 heterocycles. The molecule has 0 aromatic rings. The highest BCUT2D eigenvalue weighted by atomic mass is 16.5. The Kier molecular flexibility index (Phi) is 6.05. The van der Waals surface area contributed by atoms with Crippen LogP contribution in [0.4, 0.5) is 0 Å². The number of hydrogen-bond donors (Lipinski definition) is 2. The second-order valence-corrected chi connectivity index (χ2v) is 5.37. The third-order valence-corrected chi connectivity index (χ3v) is 3.42. The van der Waals surface area contributed by atoms with Crippen LogP contribution in [0.2, 0.25) is 0 Å². The molecule has 18 heavy (non-hydrogen) atoms. The molecular weight excluding hydrogens is 232 g/mol. The number of amides is 1. The normalized spacial score (nSPS) is 20.8. The van der Waals surface area contributed by atoms with E-state index in [1.807, 2.05) is 11.8 Å². The van der Waals surface area contributed by atoms with Gasteiger partial charge in [-0.3, -0.25) is 4.79 Å². The van der Waals surface area contributed by atoms with E-state index in [1.165, 1.54) is 0 Å². The summed E-state index contributed by atoms with van der Waals surface area (Å²) in [6.45, 7) is 6.26. The molecule has 1 fully saturated rings. The molecule has 0 bridgehead atoms. The molecule has 5 nitrogen and oxygen atoms in total. The predicted octanol–water partition coefficient (Wildman–Crippen LogP) is 0.374. The third kappa shape index (κ3) is 4.92. The van der Waals surface area contributed by atoms with Gasteiger partial charge in [-0.15, -0.1) is 0 Å². The van der Waals surface area contributed by atoms with Crippen LogP contribution in [0.1, 0.15) is 33.1 Å². The largest absolute Gasteiger partial charge is 0.389 e. The van der Waals surface area contributed by atoms with Crippen molar-refractivity contribution in [1.29, 1.82) is 0 Å². The van der Waals surface area contributed by atoms with Gasteiger partial charge in [0.2, 0.25) is 5.91 Å². The first kappa shape index (κ1) is 15.4. The molecule has 106 valence electrons. The number of rotatable bonds is 7. The smallest absolute Gasteiger partial charge is 0.239 e. The van der Waals surface area contributed by atoms with Crippen molar-refractivity contribution < 1.29 is 14.6 Å². The molecule has 0 aromatic carbocycles. The number of nitrogens with one attached hydrogen (secondary N) is 1. The van der Waals surface area contributed by atoms with Gasteiger partial charge in [0, 0.05) is 39.8 Å². The zero-order chi connectivity index (χ0) is 13.6. The number of methoxy groups -OCH3 is 1. The summed E-state index contributed by atoms with van der Waals surface area (Å²) >= 11 is 0. The van der Waals surface area contributed by atoms with Crippen molar-refractivity contribution in [3.8, 4) is 0 Å². The van der Waals surface area contributed by atoms with Crippen molar-refractivity contribution in [3.05, 3.63) is 0 Å². The zero-order valence-corrected chi connectivity index (χ0v) is 11.7. The molecule has 0 aliphatic carbocycles. The Hall–Kier alpha value is -0.650. The third-order valence-electron chi connectivity index (χ3n) is 3.42. The molecule has 1 aliphatic heterocycles. The minimum Gasteiger partial charge on any atom is -0.389 e. The second-order valence-electron chi connectivity index (χ2n) is 5.37. The van der Waals surface area contributed by atoms with E-state index in [2.05, 4.69) is 5.32 Å². The van der Waals surface area contributed by atoms with Gasteiger partial charge in [0.1, 0.15) is 0 Å². The fraction of sp³-hybridized carbons (Fsp3) is 0.923. The highest BCUT2D eigenvalue weighted by Gasteiger charge is 2.26. The Morgan fingerprint density at radius 2 is 2.11 bits per heavy atom. The van der Waals surface area contributed by atoms with Gasteiger partial charge in [-0.2, -0.15) is 0 Å². The van der Waals surface area contributed by atoms with E-state index < -0.39 is 5.60 Å². The van der Waals surface area contributed by atoms with E-state index in [-0.39, 0.29) is 11.9 Å². The van der Waals surface area contributed by atoms with Gasteiger partial charge in [0.05, 0.1) is 11.6 Å². The number of ether oxygens (including phenoxy) is 1. The van der Waals surface area contributed by atoms with E-state index in [9.17, 15) is 9.90 Å². The molecular formula is C13H26N2O3. The van der Waals surface area contributed by atoms with Crippen molar-refractivity contribution in [2.75, 3.05) is 33.4 Å². The zero-order valence-electron chi connectivity index (χ0n) is 11.7. The van der Waals surface area contributed by atoms with E-state index >= 15 is 0 Å². The van der Waals surface area contributed by atoms with Crippen molar-refractivity contribution in [3.63, 3.8) is 0 Å². The van der Waals surface area contributed by atoms with E-state index in [4.69, 9.17) is 4.74 Å². The second kappa shape index (κ2) is 7.07. The molecule has 2 unspecified atom stereocenters. The summed E-state index contributed by atoms with van der Waals surface area (Å²) in [4.78, 5) is 13.9. The average molecular weight is 258 g/mol. The molecule has 0 saturated carbocycles. The lowest BCUT2D eigenvalue weighted by atomic mass is 10.0. The van der Waals surface area contributed by atoms with Crippen LogP contribution in [0.25, 0.3) is 0 Å². The Labute approximate surface area is 109 Å². The maximum Gasteiger partial charge on any atom is 0.239 e. The van der Waals surface area contributed by atoms with E-state index in [0.29, 0.717) is 19.6 Å². The summed E-state index contributed by atoms with van der Waals surface area (Å²) < 4.78 is 4.95. The lowest BCUT2D eigenvalue weighted by Crippen LogP contribution is -2.49. The summed E-state index contributed by atoms with van der Waals surface area (Å²) in [5, 5.41) is 13.2. The Morgan fingerprint density at radius 1 is 1.50 bits per heavy atom. The standard InChI is InChI=1S/C13H26N2O3/c1-11(12(16)15-7-4-5-8-15)14-10-13(2,17)6-9-18-3/h11,14,17H,4-10H2,1-3H3. The van der Waals surface area contributed by atoms with Crippen LogP contribution in [0.15, 0.2) is 0 Å². The van der Waals surface area contributed by atoms with Crippen molar-refractivity contribution in [1.82, 2.24) is 10.2 Å². The monoisotopic (exact) mass is 258 g/mol. The van der Waals surface area contributed by atoms with Crippen LogP contribution in [-0.4, -0.2) is 60.9 Å². The number of nitrogens with zero attached hydrogens (tertiary/aromatic N) is 1. The SMILES string of the molecule is COCCC(C)(O)CNC(C)C(=O)N1CCCC1. The summed E-state index contributed by atoms with van der Waals surface area (Å²) in [6, 6.07) is -0.239. The molecule has 0 radical (unpaired) electrons. The fourth-order valence-corrected chi connectivity index (χ4v) is 2.08. The van der Waals surface area contributed by atoms with E-state index in [0.717, 1.165) is 25.9 Å². The predicted molar refractivity (Wildman–Crippen MR) is 70.4 cm³/mol. The van der Waals surface area contributed by atoms with Crippen LogP contribution in [0.3, 0.4) is 0 Å². The first-order valence-corrected chi connectivity index (χ1v) is 6.70. The summed E-state index contributed by atoms with van der Waals surface area (Å²) in [5.74, 6) is 0.134. The minimum atomic E-state index is -0.838. The molecule has 1 aliphatic rings. The highest BCUT2D eigenvalue weighted by molar-refractivity contribution is 5.81. The van der Waals surface area contributed by atoms with Gasteiger partial charge in [-0.25, -0.2) is 0 Å². The fourth-order valence-electron chi connectivity index (χ4n) is 2.08. The van der Waals surface area contributed by atoms with Gasteiger partial charge >= 0.3 is 0 Å². The highest BCUT2D eigenvalue weighted by Crippen LogP contribution is 2.11. The topological polar surface area (TPSA) is 61.8 Å². The van der Waals surface area contributed by atoms with Crippen LogP contribution in [0, 0.1) is 0 Å². The molecule has 2 atom stereocenters. The van der Waals surface area contributed by atoms with Gasteiger partial charge in [0.15, 0.2) is 0 Å². The van der Waals surface area contributed by atoms with Gasteiger partial charge < -0.3 is 20.1 Å². The van der Waals surface area contributed by atoms with Gasteiger partial charge in [-0.1, -0.05) is 0 Å². The quantitative estimate of drug-likeness (QED) is 0.693. The Balaban J connectivity index is 2.30. The van der Waals surface area contributed by atoms with Crippen LogP contribution < -0.4 is 5.32 Å². The molecule has 2 N–H and O–H groups in total. The number of carbonyl (C=O) groups is 1. The molecule has 5 heteroatoms. The van der Waals surface area contributed by atoms with Crippen molar-refractivity contribution >= 4 is 5.91 Å². The van der Waals surface area contributed by atoms with Crippen molar-refractivity contribution in [2.24, 2.45) is 0 Å². The maximum absolute atomic E-state index is 12.0. The average Bonchev–Trinajstić information content (AvgIpc) is 2.86. The summed E-state index contributed by atoms with van der Waals surface area (Å²) in [7, 11) is 1.61. The lowest BCUT2D eigenvalue weighted by Gasteiger charge is -2.27. The Bertz CT molecular complexity index is 263. The first-order chi connectivity index (χ1) is 8.46. The number of likely N-dealkylation sites (tertiary alicyclic amines) is 1. The molecule has 1 amide bonds. The molecule has 1 saturated heterocycles. The first-order valence-electron chi connectivity index (χ1n) is 6.70. The molecule has 0 spiro atoms. The minimum absolute atomic E-state index is 0.134. The van der Waals surface area contributed by atoms with Gasteiger partial charge in [-0.05, 0) is 26.7 Å². The maximum atomic E-state index is 12.0. The number of carbonyl (C=O) groups excluding carboxylic acids is 1. The summed E-state index contributed by atoms with van der Waals surface area (Å²) in [6.07, 6.45) is 2.76. The summed E-state index contributed by atoms with van der Waals surface area (Å²) in [5.41, 5.74) is -0.838. The van der Waals surface area contributed by atoms with E-state index in [1.54, 1.807) is 14.0 Å². The van der Waals surface area contributed by atoms with Crippen LogP contribution in [-0.2, 0) is 9.53 Å². The number of aliphatic hydroxyl groups is 1. The molecule has 1 rings (SSSR count). The number of hydrogen-bond acceptors (Lipinski definition) is 4. The van der Waals surface area contributed by atoms with Gasteiger partial charge in [0.25, 0.3) is 0 Å². The van der Waals surface area contributed by atoms with Crippen LogP contribution >= 0.6 is 0 Å². The van der Waals surface area contributed by atoms with Crippen molar-refractivity contribution in [2.45, 2.75) is 44.8 Å². The lowest BCUT2D eigenvalue weighted by molar-refractivity contribution is -0.132.